The number of para-hydroxylation sites is 1. The molecule has 1 fully saturated rings. The van der Waals surface area contributed by atoms with Crippen molar-refractivity contribution in [1.82, 2.24) is 5.32 Å². The molecule has 3 aromatic carbocycles. The first kappa shape index (κ1) is 24.2. The van der Waals surface area contributed by atoms with Crippen LogP contribution in [0.15, 0.2) is 72.8 Å². The van der Waals surface area contributed by atoms with Gasteiger partial charge in [0.2, 0.25) is 5.91 Å². The van der Waals surface area contributed by atoms with Gasteiger partial charge in [0.1, 0.15) is 29.5 Å². The van der Waals surface area contributed by atoms with Crippen molar-refractivity contribution in [1.29, 1.82) is 0 Å². The van der Waals surface area contributed by atoms with E-state index in [9.17, 15) is 9.90 Å². The van der Waals surface area contributed by atoms with Gasteiger partial charge in [0.25, 0.3) is 0 Å². The summed E-state index contributed by atoms with van der Waals surface area (Å²) < 4.78 is 18.1. The first-order valence-corrected chi connectivity index (χ1v) is 12.3. The number of aliphatic hydroxyl groups excluding tert-OH is 1. The number of benzene rings is 3. The van der Waals surface area contributed by atoms with E-state index in [0.717, 1.165) is 34.1 Å². The fourth-order valence-electron chi connectivity index (χ4n) is 4.93. The Kier molecular flexibility index (Phi) is 7.11. The van der Waals surface area contributed by atoms with Crippen LogP contribution in [0.5, 0.6) is 17.2 Å². The van der Waals surface area contributed by atoms with Crippen LogP contribution in [0.25, 0.3) is 0 Å². The van der Waals surface area contributed by atoms with Crippen molar-refractivity contribution < 1.29 is 24.1 Å². The van der Waals surface area contributed by atoms with Crippen LogP contribution < -0.4 is 19.7 Å². The molecule has 36 heavy (non-hydrogen) atoms. The van der Waals surface area contributed by atoms with Gasteiger partial charge in [0.05, 0.1) is 19.1 Å². The normalized spacial score (nSPS) is 22.2. The Balaban J connectivity index is 1.17. The van der Waals surface area contributed by atoms with Crippen LogP contribution in [-0.2, 0) is 16.1 Å². The zero-order valence-corrected chi connectivity index (χ0v) is 20.6. The van der Waals surface area contributed by atoms with E-state index >= 15 is 0 Å². The zero-order chi connectivity index (χ0) is 25.1. The Morgan fingerprint density at radius 2 is 1.81 bits per heavy atom. The highest BCUT2D eigenvalue weighted by Gasteiger charge is 2.46. The highest BCUT2D eigenvalue weighted by atomic mass is 16.6. The molecule has 0 spiro atoms. The monoisotopic (exact) mass is 488 g/mol. The van der Waals surface area contributed by atoms with Gasteiger partial charge < -0.3 is 29.5 Å². The first-order chi connectivity index (χ1) is 17.5. The van der Waals surface area contributed by atoms with Gasteiger partial charge in [-0.3, -0.25) is 4.79 Å². The minimum Gasteiger partial charge on any atom is -0.487 e. The summed E-state index contributed by atoms with van der Waals surface area (Å²) in [5.41, 5.74) is 3.20. The number of hydrogen-bond acceptors (Lipinski definition) is 6. The average molecular weight is 489 g/mol. The van der Waals surface area contributed by atoms with Gasteiger partial charge in [-0.1, -0.05) is 30.3 Å². The molecule has 2 N–H and O–H groups in total. The fraction of sp³-hybridized carbons (Fsp3) is 0.345. The van der Waals surface area contributed by atoms with Gasteiger partial charge in [-0.2, -0.15) is 0 Å². The Morgan fingerprint density at radius 3 is 2.53 bits per heavy atom. The van der Waals surface area contributed by atoms with E-state index in [0.29, 0.717) is 13.0 Å². The summed E-state index contributed by atoms with van der Waals surface area (Å²) >= 11 is 0. The molecule has 5 rings (SSSR count). The Morgan fingerprint density at radius 1 is 1.06 bits per heavy atom. The SMILES string of the molecule is CN(C)c1ccc2c(c1)[C@H]1C[C@@H](CC(=O)NCc3ccc(Oc4ccccc4)cc3)O[C@H](CO)[C@H]1O2. The lowest BCUT2D eigenvalue weighted by molar-refractivity contribution is -0.142. The second kappa shape index (κ2) is 10.6. The van der Waals surface area contributed by atoms with E-state index in [2.05, 4.69) is 16.3 Å². The van der Waals surface area contributed by atoms with E-state index in [4.69, 9.17) is 14.2 Å². The third-order valence-corrected chi connectivity index (χ3v) is 6.80. The topological polar surface area (TPSA) is 80.3 Å². The van der Waals surface area contributed by atoms with Crippen molar-refractivity contribution in [2.75, 3.05) is 25.6 Å². The Labute approximate surface area is 211 Å². The lowest BCUT2D eigenvalue weighted by Gasteiger charge is -2.37. The van der Waals surface area contributed by atoms with Gasteiger partial charge in [-0.05, 0) is 54.4 Å². The van der Waals surface area contributed by atoms with Crippen molar-refractivity contribution in [2.45, 2.75) is 43.6 Å². The highest BCUT2D eigenvalue weighted by molar-refractivity contribution is 5.76. The molecule has 0 aromatic heterocycles. The summed E-state index contributed by atoms with van der Waals surface area (Å²) in [6.07, 6.45) is -0.0865. The third-order valence-electron chi connectivity index (χ3n) is 6.80. The van der Waals surface area contributed by atoms with E-state index in [1.165, 1.54) is 0 Å². The van der Waals surface area contributed by atoms with Crippen LogP contribution >= 0.6 is 0 Å². The van der Waals surface area contributed by atoms with E-state index in [1.807, 2.05) is 80.8 Å². The molecule has 2 aliphatic heterocycles. The van der Waals surface area contributed by atoms with Crippen LogP contribution in [0.3, 0.4) is 0 Å². The van der Waals surface area contributed by atoms with Crippen molar-refractivity contribution in [3.05, 3.63) is 83.9 Å². The van der Waals surface area contributed by atoms with E-state index in [1.54, 1.807) is 0 Å². The molecule has 7 heteroatoms. The molecule has 1 amide bonds. The van der Waals surface area contributed by atoms with Crippen LogP contribution in [0, 0.1) is 0 Å². The largest absolute Gasteiger partial charge is 0.487 e. The number of ether oxygens (including phenoxy) is 3. The summed E-state index contributed by atoms with van der Waals surface area (Å²) in [7, 11) is 4.01. The molecule has 7 nitrogen and oxygen atoms in total. The predicted octanol–water partition coefficient (Wildman–Crippen LogP) is 4.25. The molecule has 1 saturated heterocycles. The number of carbonyl (C=O) groups excluding carboxylic acids is 1. The van der Waals surface area contributed by atoms with Crippen molar-refractivity contribution in [3.8, 4) is 17.2 Å². The minimum atomic E-state index is -0.464. The number of nitrogens with one attached hydrogen (secondary N) is 1. The number of aliphatic hydroxyl groups is 1. The number of carbonyl (C=O) groups is 1. The summed E-state index contributed by atoms with van der Waals surface area (Å²) in [5, 5.41) is 12.9. The van der Waals surface area contributed by atoms with Crippen LogP contribution in [0.4, 0.5) is 5.69 Å². The van der Waals surface area contributed by atoms with Crippen LogP contribution in [-0.4, -0.2) is 50.0 Å². The number of anilines is 1. The molecular formula is C29H32N2O5. The number of nitrogens with zero attached hydrogens (tertiary/aromatic N) is 1. The van der Waals surface area contributed by atoms with Gasteiger partial charge in [0.15, 0.2) is 0 Å². The maximum Gasteiger partial charge on any atom is 0.222 e. The molecule has 0 aliphatic carbocycles. The summed E-state index contributed by atoms with van der Waals surface area (Å²) in [6, 6.07) is 23.4. The molecule has 2 aliphatic rings. The van der Waals surface area contributed by atoms with Gasteiger partial charge >= 0.3 is 0 Å². The van der Waals surface area contributed by atoms with Gasteiger partial charge in [-0.25, -0.2) is 0 Å². The van der Waals surface area contributed by atoms with E-state index in [-0.39, 0.29) is 37.1 Å². The minimum absolute atomic E-state index is 0.0825. The molecule has 0 saturated carbocycles. The van der Waals surface area contributed by atoms with Crippen molar-refractivity contribution >= 4 is 11.6 Å². The molecule has 0 bridgehead atoms. The standard InChI is InChI=1S/C29H32N2O5/c1-31(2)20-10-13-26-24(14-20)25-15-23(35-27(18-32)29(25)36-26)16-28(33)30-17-19-8-11-22(12-9-19)34-21-6-4-3-5-7-21/h3-14,23,25,27,29,32H,15-18H2,1-2H3,(H,30,33)/t23-,25+,27+,29-/m0/s1. The summed E-state index contributed by atoms with van der Waals surface area (Å²) in [5.74, 6) is 2.36. The lowest BCUT2D eigenvalue weighted by Crippen LogP contribution is -2.47. The Bertz CT molecular complexity index is 1180. The number of amides is 1. The number of rotatable bonds is 8. The molecule has 188 valence electrons. The number of fused-ring (bicyclic) bond motifs is 3. The Hall–Kier alpha value is -3.55. The molecule has 3 aromatic rings. The van der Waals surface area contributed by atoms with Crippen LogP contribution in [0.2, 0.25) is 0 Å². The molecule has 0 unspecified atom stereocenters. The number of hydrogen-bond donors (Lipinski definition) is 2. The van der Waals surface area contributed by atoms with Gasteiger partial charge in [0, 0.05) is 37.8 Å². The summed E-state index contributed by atoms with van der Waals surface area (Å²) in [4.78, 5) is 14.8. The molecule has 4 atom stereocenters. The molecular weight excluding hydrogens is 456 g/mol. The second-order valence-electron chi connectivity index (χ2n) is 9.56. The maximum absolute atomic E-state index is 12.8. The summed E-state index contributed by atoms with van der Waals surface area (Å²) in [6.45, 7) is 0.274. The molecule has 0 radical (unpaired) electrons. The fourth-order valence-corrected chi connectivity index (χ4v) is 4.93. The predicted molar refractivity (Wildman–Crippen MR) is 138 cm³/mol. The average Bonchev–Trinajstić information content (AvgIpc) is 3.26. The quantitative estimate of drug-likeness (QED) is 0.494. The smallest absolute Gasteiger partial charge is 0.222 e. The van der Waals surface area contributed by atoms with Gasteiger partial charge in [-0.15, -0.1) is 0 Å². The van der Waals surface area contributed by atoms with E-state index < -0.39 is 6.10 Å². The maximum atomic E-state index is 12.8. The van der Waals surface area contributed by atoms with Crippen molar-refractivity contribution in [2.24, 2.45) is 0 Å². The van der Waals surface area contributed by atoms with Crippen molar-refractivity contribution in [3.63, 3.8) is 0 Å². The molecule has 2 heterocycles. The highest BCUT2D eigenvalue weighted by Crippen LogP contribution is 2.47. The second-order valence-corrected chi connectivity index (χ2v) is 9.56. The third kappa shape index (κ3) is 5.32. The zero-order valence-electron chi connectivity index (χ0n) is 20.6. The van der Waals surface area contributed by atoms with Crippen LogP contribution in [0.1, 0.15) is 29.9 Å². The lowest BCUT2D eigenvalue weighted by atomic mass is 9.84. The first-order valence-electron chi connectivity index (χ1n) is 12.3.